The molecule has 4 heterocycles. The van der Waals surface area contributed by atoms with Gasteiger partial charge in [0.15, 0.2) is 0 Å². The number of likely N-dealkylation sites (tertiary alicyclic amines) is 2. The van der Waals surface area contributed by atoms with E-state index in [-0.39, 0.29) is 70.7 Å². The highest BCUT2D eigenvalue weighted by Gasteiger charge is 2.56. The van der Waals surface area contributed by atoms with Crippen molar-refractivity contribution in [2.75, 3.05) is 20.8 Å². The fraction of sp³-hybridized carbons (Fsp3) is 0.490. The summed E-state index contributed by atoms with van der Waals surface area (Å²) in [6.07, 6.45) is 7.21. The number of nitrogens with zero attached hydrogens (tertiary/aromatic N) is 4. The average molecular weight is 887 g/mol. The van der Waals surface area contributed by atoms with E-state index in [9.17, 15) is 19.2 Å². The van der Waals surface area contributed by atoms with Gasteiger partial charge in [0, 0.05) is 42.0 Å². The number of aromatic nitrogens is 2. The van der Waals surface area contributed by atoms with Crippen LogP contribution in [0, 0.1) is 29.1 Å². The normalized spacial score (nSPS) is 24.0. The summed E-state index contributed by atoms with van der Waals surface area (Å²) in [5.74, 6) is -3.62. The number of nitrogens with one attached hydrogen (secondary N) is 2. The number of fused-ring (bicyclic) bond motifs is 6. The third kappa shape index (κ3) is 7.31. The summed E-state index contributed by atoms with van der Waals surface area (Å²) in [7, 11) is 2.62. The number of methoxy groups -OCH3 is 2. The molecule has 12 nitrogen and oxygen atoms in total. The molecule has 2 N–H and O–H groups in total. The number of carbonyl (C=O) groups excluding carboxylic acids is 4. The van der Waals surface area contributed by atoms with Crippen molar-refractivity contribution >= 4 is 46.2 Å². The van der Waals surface area contributed by atoms with Crippen LogP contribution in [0.15, 0.2) is 65.8 Å². The Hall–Kier alpha value is -5.92. The zero-order valence-electron chi connectivity index (χ0n) is 37.8. The molecule has 1 spiro atoms. The molecule has 10 rings (SSSR count). The maximum Gasteiger partial charge on any atom is 0.407 e. The fourth-order valence-electron chi connectivity index (χ4n) is 11.5. The van der Waals surface area contributed by atoms with Crippen LogP contribution in [0.25, 0.3) is 38.9 Å². The number of piperidine rings is 1. The lowest BCUT2D eigenvalue weighted by Gasteiger charge is -2.37. The number of alkyl carbamates (subject to hydrolysis) is 1. The van der Waals surface area contributed by atoms with Crippen LogP contribution in [0.5, 0.6) is 0 Å². The second-order valence-corrected chi connectivity index (χ2v) is 20.0. The Labute approximate surface area is 377 Å². The molecule has 6 aliphatic rings. The van der Waals surface area contributed by atoms with Gasteiger partial charge in [0.1, 0.15) is 11.9 Å². The van der Waals surface area contributed by atoms with Gasteiger partial charge in [-0.05, 0) is 119 Å². The highest BCUT2D eigenvalue weighted by molar-refractivity contribution is 6.04. The number of aliphatic imine (C=N–C) groups is 1. The molecule has 340 valence electrons. The van der Waals surface area contributed by atoms with E-state index in [0.29, 0.717) is 41.0 Å². The summed E-state index contributed by atoms with van der Waals surface area (Å²) >= 11 is 0. The largest absolute Gasteiger partial charge is 0.469 e. The maximum absolute atomic E-state index is 16.7. The number of halogens is 2. The van der Waals surface area contributed by atoms with E-state index < -0.39 is 29.9 Å². The number of esters is 1. The predicted molar refractivity (Wildman–Crippen MR) is 242 cm³/mol. The summed E-state index contributed by atoms with van der Waals surface area (Å²) in [4.78, 5) is 69.7. The van der Waals surface area contributed by atoms with Gasteiger partial charge in [0.2, 0.25) is 11.8 Å². The summed E-state index contributed by atoms with van der Waals surface area (Å²) < 4.78 is 43.2. The number of H-pyrrole nitrogens is 1. The van der Waals surface area contributed by atoms with Gasteiger partial charge in [-0.25, -0.2) is 9.78 Å². The molecule has 2 bridgehead atoms. The lowest BCUT2D eigenvalue weighted by atomic mass is 9.89. The molecule has 3 aromatic carbocycles. The molecule has 3 aliphatic heterocycles. The monoisotopic (exact) mass is 886 g/mol. The van der Waals surface area contributed by atoms with Crippen LogP contribution in [0.1, 0.15) is 108 Å². The molecule has 0 unspecified atom stereocenters. The zero-order chi connectivity index (χ0) is 45.7. The van der Waals surface area contributed by atoms with Gasteiger partial charge >= 0.3 is 12.1 Å². The van der Waals surface area contributed by atoms with Gasteiger partial charge in [-0.15, -0.1) is 0 Å². The number of allylic oxidation sites excluding steroid dienone is 1. The van der Waals surface area contributed by atoms with Crippen LogP contribution in [0.3, 0.4) is 0 Å². The van der Waals surface area contributed by atoms with E-state index >= 15 is 8.78 Å². The smallest absolute Gasteiger partial charge is 0.407 e. The number of benzene rings is 3. The number of imidazole rings is 1. The molecular formula is C51H56F2N6O6. The number of hydrogen-bond donors (Lipinski definition) is 2. The van der Waals surface area contributed by atoms with E-state index in [1.807, 2.05) is 67.8 Å². The Morgan fingerprint density at radius 3 is 2.25 bits per heavy atom. The summed E-state index contributed by atoms with van der Waals surface area (Å²) in [5.41, 5.74) is 6.13. The first-order chi connectivity index (χ1) is 31.1. The van der Waals surface area contributed by atoms with Crippen molar-refractivity contribution < 1.29 is 37.4 Å². The minimum atomic E-state index is -3.25. The standard InChI is InChI=1S/C51H56F2N6O6/c1-26(2)36(22-43(60)64-5)47(61)59-33-11-7-31(17-33)45(59)46-55-39-14-10-30(20-40(39)56-46)28-8-12-34-35-13-9-29(19-38(35)51(52,53)37(34)18-28)32-21-41(54-24-32)42-23-50(15-16-50)25-58(42)48(62)44(27(3)4)57-49(63)65-6/h8-10,12-14,18-20,24,26-27,31,33,36,42,44-45H,7,11,15-17,21-23,25H2,1-6H3,(H,55,56)(H,57,63)/t31-,33+,36-,42+,44-,45-/m0/s1. The van der Waals surface area contributed by atoms with Crippen LogP contribution in [-0.4, -0.2) is 88.2 Å². The quantitative estimate of drug-likeness (QED) is 0.143. The molecule has 3 amide bonds. The first-order valence-corrected chi connectivity index (χ1v) is 23.1. The van der Waals surface area contributed by atoms with E-state index in [2.05, 4.69) is 10.3 Å². The Morgan fingerprint density at radius 2 is 1.57 bits per heavy atom. The predicted octanol–water partition coefficient (Wildman–Crippen LogP) is 9.19. The average Bonchev–Trinajstić information content (AvgIpc) is 3.95. The van der Waals surface area contributed by atoms with Crippen LogP contribution in [-0.2, 0) is 29.8 Å². The summed E-state index contributed by atoms with van der Waals surface area (Å²) in [6, 6.07) is 15.1. The van der Waals surface area contributed by atoms with Crippen molar-refractivity contribution in [3.8, 4) is 22.3 Å². The second kappa shape index (κ2) is 15.9. The highest BCUT2D eigenvalue weighted by atomic mass is 19.3. The topological polar surface area (TPSA) is 146 Å². The third-order valence-electron chi connectivity index (χ3n) is 15.3. The second-order valence-electron chi connectivity index (χ2n) is 20.0. The Bertz CT molecular complexity index is 2700. The molecule has 3 aliphatic carbocycles. The Morgan fingerprint density at radius 1 is 0.877 bits per heavy atom. The maximum atomic E-state index is 16.7. The van der Waals surface area contributed by atoms with Gasteiger partial charge < -0.3 is 29.6 Å². The molecule has 2 saturated heterocycles. The lowest BCUT2D eigenvalue weighted by Crippen LogP contribution is -2.53. The van der Waals surface area contributed by atoms with Crippen LogP contribution in [0.2, 0.25) is 0 Å². The third-order valence-corrected chi connectivity index (χ3v) is 15.3. The molecule has 0 radical (unpaired) electrons. The molecule has 1 aromatic heterocycles. The zero-order valence-corrected chi connectivity index (χ0v) is 37.8. The first kappa shape index (κ1) is 43.0. The van der Waals surface area contributed by atoms with E-state index in [4.69, 9.17) is 19.5 Å². The van der Waals surface area contributed by atoms with Gasteiger partial charge in [-0.2, -0.15) is 8.78 Å². The highest BCUT2D eigenvalue weighted by Crippen LogP contribution is 2.57. The van der Waals surface area contributed by atoms with Crippen LogP contribution >= 0.6 is 0 Å². The number of rotatable bonds is 11. The van der Waals surface area contributed by atoms with Crippen molar-refractivity contribution in [2.45, 2.75) is 109 Å². The molecule has 4 fully saturated rings. The van der Waals surface area contributed by atoms with Gasteiger partial charge in [-0.1, -0.05) is 58.0 Å². The van der Waals surface area contributed by atoms with Crippen LogP contribution in [0.4, 0.5) is 13.6 Å². The fourth-order valence-corrected chi connectivity index (χ4v) is 11.5. The molecular weight excluding hydrogens is 831 g/mol. The number of aromatic amines is 1. The van der Waals surface area contributed by atoms with Crippen LogP contribution < -0.4 is 5.32 Å². The number of carbonyl (C=O) groups is 4. The Kier molecular flexibility index (Phi) is 10.5. The number of alkyl halides is 2. The van der Waals surface area contributed by atoms with Gasteiger partial charge in [0.05, 0.1) is 49.7 Å². The van der Waals surface area contributed by atoms with Crippen molar-refractivity contribution in [3.63, 3.8) is 0 Å². The van der Waals surface area contributed by atoms with Gasteiger partial charge in [0.25, 0.3) is 5.92 Å². The lowest BCUT2D eigenvalue weighted by molar-refractivity contribution is -0.150. The molecule has 14 heteroatoms. The molecule has 2 saturated carbocycles. The van der Waals surface area contributed by atoms with Crippen molar-refractivity contribution in [1.82, 2.24) is 25.1 Å². The summed E-state index contributed by atoms with van der Waals surface area (Å²) in [6.45, 7) is 8.29. The van der Waals surface area contributed by atoms with Crippen molar-refractivity contribution in [1.29, 1.82) is 0 Å². The van der Waals surface area contributed by atoms with E-state index in [1.54, 1.807) is 30.5 Å². The SMILES string of the molecule is COC(=O)C[C@H](C(=O)N1[C@@H]2CC[C@@H](C2)[C@H]1c1nc2ccc(-c3ccc4c(c3)C(F)(F)c3cc(C5=CN=C([C@H]6CC7(CC7)CN6C(=O)[C@@H](NC(=O)OC)C(C)C)C5)ccc3-4)cc2[nH]1)C(C)C. The number of amides is 3. The van der Waals surface area contributed by atoms with E-state index in [0.717, 1.165) is 66.4 Å². The van der Waals surface area contributed by atoms with Crippen molar-refractivity contribution in [2.24, 2.45) is 34.1 Å². The number of hydrogen-bond acceptors (Lipinski definition) is 8. The minimum absolute atomic E-state index is 0.0289. The number of ether oxygens (including phenoxy) is 2. The van der Waals surface area contributed by atoms with E-state index in [1.165, 1.54) is 14.2 Å². The minimum Gasteiger partial charge on any atom is -0.469 e. The first-order valence-electron chi connectivity index (χ1n) is 23.1. The Balaban J connectivity index is 0.870. The van der Waals surface area contributed by atoms with Gasteiger partial charge in [-0.3, -0.25) is 19.4 Å². The molecule has 4 aromatic rings. The summed E-state index contributed by atoms with van der Waals surface area (Å²) in [5, 5.41) is 2.72. The van der Waals surface area contributed by atoms with Crippen molar-refractivity contribution in [3.05, 3.63) is 83.3 Å². The molecule has 65 heavy (non-hydrogen) atoms. The molecule has 6 atom stereocenters.